The Bertz CT molecular complexity index is 1070. The quantitative estimate of drug-likeness (QED) is 0.422. The summed E-state index contributed by atoms with van der Waals surface area (Å²) in [6, 6.07) is 18.7. The minimum absolute atomic E-state index is 0.827. The van der Waals surface area contributed by atoms with Gasteiger partial charge in [0.15, 0.2) is 11.0 Å². The fraction of sp³-hybridized carbons (Fsp3) is 0.174. The molecule has 140 valence electrons. The molecule has 0 atom stereocenters. The highest BCUT2D eigenvalue weighted by atomic mass is 32.2. The summed E-state index contributed by atoms with van der Waals surface area (Å²) in [7, 11) is 0. The van der Waals surface area contributed by atoms with Crippen LogP contribution in [-0.4, -0.2) is 19.7 Å². The van der Waals surface area contributed by atoms with Crippen molar-refractivity contribution in [2.45, 2.75) is 31.7 Å². The standard InChI is InChI=1S/C23H22N4S/c1-16-13-17(2)21(18(3)14-16)15-28-23-26-25-22(19-9-11-24-12-10-19)27(23)20-7-5-4-6-8-20/h4-14H,15H2,1-3H3. The van der Waals surface area contributed by atoms with Gasteiger partial charge in [0.1, 0.15) is 0 Å². The van der Waals surface area contributed by atoms with Gasteiger partial charge in [-0.25, -0.2) is 0 Å². The van der Waals surface area contributed by atoms with E-state index in [1.54, 1.807) is 24.2 Å². The van der Waals surface area contributed by atoms with Gasteiger partial charge in [-0.2, -0.15) is 0 Å². The number of thioether (sulfide) groups is 1. The average Bonchev–Trinajstić information content (AvgIpc) is 3.12. The molecule has 0 aliphatic carbocycles. The van der Waals surface area contributed by atoms with E-state index in [2.05, 4.69) is 64.8 Å². The Kier molecular flexibility index (Phi) is 5.26. The van der Waals surface area contributed by atoms with Crippen molar-refractivity contribution in [3.05, 3.63) is 89.2 Å². The van der Waals surface area contributed by atoms with Crippen molar-refractivity contribution >= 4 is 11.8 Å². The normalized spacial score (nSPS) is 11.0. The second kappa shape index (κ2) is 7.98. The number of pyridine rings is 1. The Balaban J connectivity index is 1.73. The van der Waals surface area contributed by atoms with Crippen molar-refractivity contribution in [2.75, 3.05) is 0 Å². The van der Waals surface area contributed by atoms with Crippen molar-refractivity contribution in [3.63, 3.8) is 0 Å². The maximum Gasteiger partial charge on any atom is 0.196 e. The first-order valence-corrected chi connectivity index (χ1v) is 10.2. The molecule has 0 spiro atoms. The number of hydrogen-bond donors (Lipinski definition) is 0. The zero-order valence-electron chi connectivity index (χ0n) is 16.3. The summed E-state index contributed by atoms with van der Waals surface area (Å²) < 4.78 is 2.12. The largest absolute Gasteiger partial charge is 0.270 e. The van der Waals surface area contributed by atoms with Crippen LogP contribution in [0.2, 0.25) is 0 Å². The zero-order valence-corrected chi connectivity index (χ0v) is 17.1. The minimum Gasteiger partial charge on any atom is -0.270 e. The van der Waals surface area contributed by atoms with Gasteiger partial charge in [0.05, 0.1) is 0 Å². The SMILES string of the molecule is Cc1cc(C)c(CSc2nnc(-c3ccncc3)n2-c2ccccc2)c(C)c1. The molecule has 0 aliphatic rings. The van der Waals surface area contributed by atoms with E-state index in [0.717, 1.165) is 28.0 Å². The van der Waals surface area contributed by atoms with Gasteiger partial charge in [0.2, 0.25) is 0 Å². The van der Waals surface area contributed by atoms with Gasteiger partial charge >= 0.3 is 0 Å². The summed E-state index contributed by atoms with van der Waals surface area (Å²) in [6.45, 7) is 6.50. The third-order valence-electron chi connectivity index (χ3n) is 4.77. The van der Waals surface area contributed by atoms with Crippen molar-refractivity contribution in [1.82, 2.24) is 19.7 Å². The number of benzene rings is 2. The molecule has 4 aromatic rings. The summed E-state index contributed by atoms with van der Waals surface area (Å²) >= 11 is 1.72. The Morgan fingerprint density at radius 3 is 2.21 bits per heavy atom. The predicted octanol–water partition coefficient (Wildman–Crippen LogP) is 5.55. The molecule has 0 fully saturated rings. The Hall–Kier alpha value is -2.92. The molecule has 0 saturated heterocycles. The van der Waals surface area contributed by atoms with Crippen LogP contribution in [0, 0.1) is 20.8 Å². The lowest BCUT2D eigenvalue weighted by Gasteiger charge is -2.13. The molecule has 0 aliphatic heterocycles. The molecule has 5 heteroatoms. The van der Waals surface area contributed by atoms with Gasteiger partial charge < -0.3 is 0 Å². The molecule has 2 aromatic carbocycles. The van der Waals surface area contributed by atoms with Crippen molar-refractivity contribution in [2.24, 2.45) is 0 Å². The molecule has 2 aromatic heterocycles. The number of para-hydroxylation sites is 1. The van der Waals surface area contributed by atoms with Crippen molar-refractivity contribution < 1.29 is 0 Å². The van der Waals surface area contributed by atoms with Crippen LogP contribution in [-0.2, 0) is 5.75 Å². The number of aromatic nitrogens is 4. The molecule has 4 rings (SSSR count). The summed E-state index contributed by atoms with van der Waals surface area (Å²) in [5.41, 5.74) is 7.37. The van der Waals surface area contributed by atoms with Crippen LogP contribution in [0.5, 0.6) is 0 Å². The number of aryl methyl sites for hydroxylation is 3. The van der Waals surface area contributed by atoms with E-state index in [0.29, 0.717) is 0 Å². The first kappa shape index (κ1) is 18.4. The highest BCUT2D eigenvalue weighted by molar-refractivity contribution is 7.98. The molecular weight excluding hydrogens is 364 g/mol. The third-order valence-corrected chi connectivity index (χ3v) is 5.73. The fourth-order valence-electron chi connectivity index (χ4n) is 3.44. The maximum atomic E-state index is 4.52. The Morgan fingerprint density at radius 1 is 0.857 bits per heavy atom. The highest BCUT2D eigenvalue weighted by Crippen LogP contribution is 2.31. The second-order valence-corrected chi connectivity index (χ2v) is 7.82. The first-order valence-electron chi connectivity index (χ1n) is 9.24. The van der Waals surface area contributed by atoms with Crippen LogP contribution in [0.25, 0.3) is 17.1 Å². The van der Waals surface area contributed by atoms with E-state index in [9.17, 15) is 0 Å². The van der Waals surface area contributed by atoms with Crippen LogP contribution >= 0.6 is 11.8 Å². The maximum absolute atomic E-state index is 4.52. The van der Waals surface area contributed by atoms with Gasteiger partial charge in [-0.1, -0.05) is 47.7 Å². The molecule has 0 radical (unpaired) electrons. The molecule has 4 nitrogen and oxygen atoms in total. The third kappa shape index (κ3) is 3.71. The van der Waals surface area contributed by atoms with Crippen LogP contribution in [0.4, 0.5) is 0 Å². The summed E-state index contributed by atoms with van der Waals surface area (Å²) in [4.78, 5) is 4.12. The Labute approximate surface area is 169 Å². The molecule has 0 N–H and O–H groups in total. The monoisotopic (exact) mass is 386 g/mol. The van der Waals surface area contributed by atoms with Gasteiger partial charge in [-0.15, -0.1) is 10.2 Å². The number of rotatable bonds is 5. The number of hydrogen-bond acceptors (Lipinski definition) is 4. The van der Waals surface area contributed by atoms with Gasteiger partial charge in [-0.3, -0.25) is 9.55 Å². The van der Waals surface area contributed by atoms with Crippen LogP contribution in [0.15, 0.2) is 72.1 Å². The predicted molar refractivity (Wildman–Crippen MR) is 115 cm³/mol. The van der Waals surface area contributed by atoms with Crippen LogP contribution < -0.4 is 0 Å². The van der Waals surface area contributed by atoms with E-state index in [1.807, 2.05) is 30.3 Å². The molecule has 0 saturated carbocycles. The average molecular weight is 387 g/mol. The van der Waals surface area contributed by atoms with Crippen LogP contribution in [0.3, 0.4) is 0 Å². The fourth-order valence-corrected chi connectivity index (χ4v) is 4.58. The van der Waals surface area contributed by atoms with Crippen molar-refractivity contribution in [1.29, 1.82) is 0 Å². The molecule has 2 heterocycles. The minimum atomic E-state index is 0.827. The lowest BCUT2D eigenvalue weighted by Crippen LogP contribution is -2.00. The molecular formula is C23H22N4S. The first-order chi connectivity index (χ1) is 13.6. The topological polar surface area (TPSA) is 43.6 Å². The summed E-state index contributed by atoms with van der Waals surface area (Å²) in [5, 5.41) is 9.90. The summed E-state index contributed by atoms with van der Waals surface area (Å²) in [5.74, 6) is 1.69. The molecule has 0 bridgehead atoms. The van der Waals surface area contributed by atoms with Crippen LogP contribution in [0.1, 0.15) is 22.3 Å². The van der Waals surface area contributed by atoms with E-state index in [1.165, 1.54) is 22.3 Å². The summed E-state index contributed by atoms with van der Waals surface area (Å²) in [6.07, 6.45) is 3.57. The lowest BCUT2D eigenvalue weighted by molar-refractivity contribution is 0.885. The van der Waals surface area contributed by atoms with E-state index in [4.69, 9.17) is 0 Å². The van der Waals surface area contributed by atoms with E-state index in [-0.39, 0.29) is 0 Å². The van der Waals surface area contributed by atoms with Gasteiger partial charge in [-0.05, 0) is 61.7 Å². The highest BCUT2D eigenvalue weighted by Gasteiger charge is 2.17. The molecule has 28 heavy (non-hydrogen) atoms. The smallest absolute Gasteiger partial charge is 0.196 e. The Morgan fingerprint density at radius 2 is 1.54 bits per heavy atom. The van der Waals surface area contributed by atoms with Crippen molar-refractivity contribution in [3.8, 4) is 17.1 Å². The van der Waals surface area contributed by atoms with E-state index >= 15 is 0 Å². The molecule has 0 amide bonds. The van der Waals surface area contributed by atoms with E-state index < -0.39 is 0 Å². The second-order valence-electron chi connectivity index (χ2n) is 6.88. The van der Waals surface area contributed by atoms with Gasteiger partial charge in [0, 0.05) is 29.4 Å². The zero-order chi connectivity index (χ0) is 19.5. The number of nitrogens with zero attached hydrogens (tertiary/aromatic N) is 4. The molecule has 0 unspecified atom stereocenters. The lowest BCUT2D eigenvalue weighted by atomic mass is 10.0. The van der Waals surface area contributed by atoms with Gasteiger partial charge in [0.25, 0.3) is 0 Å².